The van der Waals surface area contributed by atoms with Crippen molar-refractivity contribution in [2.45, 2.75) is 6.92 Å². The molecule has 0 unspecified atom stereocenters. The van der Waals surface area contributed by atoms with Crippen molar-refractivity contribution in [1.29, 1.82) is 0 Å². The van der Waals surface area contributed by atoms with Crippen LogP contribution < -0.4 is 9.47 Å². The van der Waals surface area contributed by atoms with E-state index in [0.717, 1.165) is 16.7 Å². The largest absolute Gasteiger partial charge is 0.493 e. The molecule has 2 aromatic carbocycles. The summed E-state index contributed by atoms with van der Waals surface area (Å²) in [4.78, 5) is 16.4. The molecular formula is C19H17NO4. The van der Waals surface area contributed by atoms with E-state index in [2.05, 4.69) is 4.99 Å². The van der Waals surface area contributed by atoms with E-state index in [0.29, 0.717) is 17.4 Å². The first-order valence-electron chi connectivity index (χ1n) is 7.43. The number of carbonyl (C=O) groups excluding carboxylic acids is 1. The van der Waals surface area contributed by atoms with Crippen LogP contribution >= 0.6 is 0 Å². The third-order valence-electron chi connectivity index (χ3n) is 3.71. The van der Waals surface area contributed by atoms with Crippen LogP contribution in [0.15, 0.2) is 53.2 Å². The van der Waals surface area contributed by atoms with Crippen molar-refractivity contribution in [2.24, 2.45) is 4.99 Å². The fourth-order valence-electron chi connectivity index (χ4n) is 2.44. The van der Waals surface area contributed by atoms with Crippen LogP contribution in [0.2, 0.25) is 0 Å². The van der Waals surface area contributed by atoms with Gasteiger partial charge >= 0.3 is 5.97 Å². The van der Waals surface area contributed by atoms with E-state index in [4.69, 9.17) is 14.2 Å². The van der Waals surface area contributed by atoms with Gasteiger partial charge in [-0.1, -0.05) is 24.3 Å². The predicted octanol–water partition coefficient (Wildman–Crippen LogP) is 3.36. The van der Waals surface area contributed by atoms with Crippen LogP contribution in [0.3, 0.4) is 0 Å². The Bertz CT molecular complexity index is 852. The van der Waals surface area contributed by atoms with E-state index in [1.807, 2.05) is 37.3 Å². The number of esters is 1. The maximum absolute atomic E-state index is 12.1. The van der Waals surface area contributed by atoms with Gasteiger partial charge in [-0.15, -0.1) is 0 Å². The third-order valence-corrected chi connectivity index (χ3v) is 3.71. The number of methoxy groups -OCH3 is 2. The van der Waals surface area contributed by atoms with Gasteiger partial charge < -0.3 is 14.2 Å². The van der Waals surface area contributed by atoms with E-state index < -0.39 is 5.97 Å². The number of nitrogens with zero attached hydrogens (tertiary/aromatic N) is 1. The Morgan fingerprint density at radius 3 is 2.50 bits per heavy atom. The molecular weight excluding hydrogens is 306 g/mol. The lowest BCUT2D eigenvalue weighted by Crippen LogP contribution is -2.06. The zero-order chi connectivity index (χ0) is 17.1. The van der Waals surface area contributed by atoms with Gasteiger partial charge in [0.2, 0.25) is 5.90 Å². The molecule has 0 aliphatic carbocycles. The van der Waals surface area contributed by atoms with Crippen molar-refractivity contribution < 1.29 is 19.0 Å². The second kappa shape index (κ2) is 6.58. The van der Waals surface area contributed by atoms with Crippen LogP contribution in [0.25, 0.3) is 6.08 Å². The van der Waals surface area contributed by atoms with Crippen molar-refractivity contribution in [1.82, 2.24) is 0 Å². The van der Waals surface area contributed by atoms with Gasteiger partial charge in [-0.25, -0.2) is 9.79 Å². The first-order chi connectivity index (χ1) is 11.6. The molecule has 122 valence electrons. The monoisotopic (exact) mass is 323 g/mol. The Morgan fingerprint density at radius 2 is 1.79 bits per heavy atom. The summed E-state index contributed by atoms with van der Waals surface area (Å²) < 4.78 is 15.8. The van der Waals surface area contributed by atoms with Gasteiger partial charge in [0.25, 0.3) is 0 Å². The molecule has 0 saturated carbocycles. The highest BCUT2D eigenvalue weighted by Gasteiger charge is 2.25. The second-order valence-corrected chi connectivity index (χ2v) is 5.27. The lowest BCUT2D eigenvalue weighted by molar-refractivity contribution is -0.129. The Morgan fingerprint density at radius 1 is 1.04 bits per heavy atom. The van der Waals surface area contributed by atoms with Crippen LogP contribution in [0.5, 0.6) is 11.5 Å². The van der Waals surface area contributed by atoms with Gasteiger partial charge in [0, 0.05) is 5.56 Å². The molecule has 0 amide bonds. The van der Waals surface area contributed by atoms with Gasteiger partial charge in [0.15, 0.2) is 17.2 Å². The molecule has 1 aliphatic heterocycles. The molecule has 5 nitrogen and oxygen atoms in total. The second-order valence-electron chi connectivity index (χ2n) is 5.27. The summed E-state index contributed by atoms with van der Waals surface area (Å²) in [6.45, 7) is 1.95. The standard InChI is InChI=1S/C19H17NO4/c1-12-6-4-5-7-14(12)18-20-15(19(21)24-18)10-13-8-9-16(22-2)17(11-13)23-3/h4-11H,1-3H3. The zero-order valence-electron chi connectivity index (χ0n) is 13.7. The van der Waals surface area contributed by atoms with Gasteiger partial charge in [-0.2, -0.15) is 0 Å². The summed E-state index contributed by atoms with van der Waals surface area (Å²) in [5.41, 5.74) is 2.83. The van der Waals surface area contributed by atoms with Crippen molar-refractivity contribution in [3.8, 4) is 11.5 Å². The fraction of sp³-hybridized carbons (Fsp3) is 0.158. The predicted molar refractivity (Wildman–Crippen MR) is 91.3 cm³/mol. The number of aryl methyl sites for hydroxylation is 1. The SMILES string of the molecule is COc1ccc(C=C2N=C(c3ccccc3C)OC2=O)cc1OC. The number of ether oxygens (including phenoxy) is 3. The number of benzene rings is 2. The first-order valence-corrected chi connectivity index (χ1v) is 7.43. The number of hydrogen-bond donors (Lipinski definition) is 0. The fourth-order valence-corrected chi connectivity index (χ4v) is 2.44. The van der Waals surface area contributed by atoms with E-state index >= 15 is 0 Å². The maximum Gasteiger partial charge on any atom is 0.363 e. The van der Waals surface area contributed by atoms with Crippen molar-refractivity contribution in [3.05, 3.63) is 64.9 Å². The normalized spacial score (nSPS) is 15.2. The quantitative estimate of drug-likeness (QED) is 0.639. The van der Waals surface area contributed by atoms with E-state index in [1.165, 1.54) is 0 Å². The summed E-state index contributed by atoms with van der Waals surface area (Å²) in [5, 5.41) is 0. The molecule has 5 heteroatoms. The molecule has 0 saturated heterocycles. The van der Waals surface area contributed by atoms with Gasteiger partial charge in [0.05, 0.1) is 14.2 Å². The Labute approximate surface area is 140 Å². The number of rotatable bonds is 4. The van der Waals surface area contributed by atoms with E-state index in [1.54, 1.807) is 32.4 Å². The highest BCUT2D eigenvalue weighted by molar-refractivity contribution is 6.13. The average Bonchev–Trinajstić information content (AvgIpc) is 2.95. The molecule has 0 N–H and O–H groups in total. The molecule has 0 bridgehead atoms. The zero-order valence-corrected chi connectivity index (χ0v) is 13.7. The van der Waals surface area contributed by atoms with Gasteiger partial charge in [-0.3, -0.25) is 0 Å². The molecule has 0 spiro atoms. The Hall–Kier alpha value is -3.08. The summed E-state index contributed by atoms with van der Waals surface area (Å²) in [6, 6.07) is 13.0. The molecule has 1 heterocycles. The maximum atomic E-state index is 12.1. The number of aliphatic imine (C=N–C) groups is 1. The van der Waals surface area contributed by atoms with Crippen LogP contribution in [-0.4, -0.2) is 26.1 Å². The van der Waals surface area contributed by atoms with Crippen LogP contribution in [0.1, 0.15) is 16.7 Å². The molecule has 1 aliphatic rings. The third kappa shape index (κ3) is 3.01. The lowest BCUT2D eigenvalue weighted by atomic mass is 10.1. The molecule has 24 heavy (non-hydrogen) atoms. The highest BCUT2D eigenvalue weighted by Crippen LogP contribution is 2.29. The van der Waals surface area contributed by atoms with Crippen LogP contribution in [0, 0.1) is 6.92 Å². The summed E-state index contributed by atoms with van der Waals surface area (Å²) >= 11 is 0. The van der Waals surface area contributed by atoms with E-state index in [9.17, 15) is 4.79 Å². The molecule has 0 atom stereocenters. The van der Waals surface area contributed by atoms with Crippen LogP contribution in [-0.2, 0) is 9.53 Å². The molecule has 2 aromatic rings. The van der Waals surface area contributed by atoms with Crippen molar-refractivity contribution in [3.63, 3.8) is 0 Å². The van der Waals surface area contributed by atoms with Gasteiger partial charge in [-0.05, 0) is 42.3 Å². The molecule has 0 radical (unpaired) electrons. The number of hydrogen-bond acceptors (Lipinski definition) is 5. The number of carbonyl (C=O) groups is 1. The summed E-state index contributed by atoms with van der Waals surface area (Å²) in [7, 11) is 3.14. The van der Waals surface area contributed by atoms with Gasteiger partial charge in [0.1, 0.15) is 0 Å². The Balaban J connectivity index is 1.96. The van der Waals surface area contributed by atoms with Crippen molar-refractivity contribution in [2.75, 3.05) is 14.2 Å². The minimum absolute atomic E-state index is 0.250. The average molecular weight is 323 g/mol. The van der Waals surface area contributed by atoms with Crippen LogP contribution in [0.4, 0.5) is 0 Å². The molecule has 3 rings (SSSR count). The van der Waals surface area contributed by atoms with E-state index in [-0.39, 0.29) is 5.70 Å². The minimum atomic E-state index is -0.469. The minimum Gasteiger partial charge on any atom is -0.493 e. The first kappa shape index (κ1) is 15.8. The van der Waals surface area contributed by atoms with Crippen molar-refractivity contribution >= 4 is 17.9 Å². The number of cyclic esters (lactones) is 1. The Kier molecular flexibility index (Phi) is 4.33. The topological polar surface area (TPSA) is 57.1 Å². The summed E-state index contributed by atoms with van der Waals surface area (Å²) in [5.74, 6) is 1.06. The molecule has 0 aromatic heterocycles. The molecule has 0 fully saturated rings. The highest BCUT2D eigenvalue weighted by atomic mass is 16.6. The lowest BCUT2D eigenvalue weighted by Gasteiger charge is -2.07. The summed E-state index contributed by atoms with van der Waals surface area (Å²) in [6.07, 6.45) is 1.66. The smallest absolute Gasteiger partial charge is 0.363 e.